The zero-order valence-electron chi connectivity index (χ0n) is 15.1. The second kappa shape index (κ2) is 7.84. The van der Waals surface area contributed by atoms with Gasteiger partial charge in [0, 0.05) is 6.08 Å². The fourth-order valence-corrected chi connectivity index (χ4v) is 3.95. The first kappa shape index (κ1) is 19.0. The monoisotopic (exact) mass is 388 g/mol. The van der Waals surface area contributed by atoms with Crippen molar-refractivity contribution in [1.29, 1.82) is 0 Å². The normalized spacial score (nSPS) is 13.4. The second-order valence-corrected chi connectivity index (χ2v) is 7.63. The lowest BCUT2D eigenvalue weighted by Crippen LogP contribution is -2.11. The van der Waals surface area contributed by atoms with E-state index in [-0.39, 0.29) is 16.4 Å². The maximum atomic E-state index is 12.7. The van der Waals surface area contributed by atoms with Gasteiger partial charge in [-0.15, -0.1) is 0 Å². The smallest absolute Gasteiger partial charge is 0.339 e. The van der Waals surface area contributed by atoms with Gasteiger partial charge in [-0.05, 0) is 66.3 Å². The van der Waals surface area contributed by atoms with E-state index in [0.29, 0.717) is 5.56 Å². The van der Waals surface area contributed by atoms with E-state index in [1.807, 2.05) is 6.07 Å². The van der Waals surface area contributed by atoms with Crippen LogP contribution in [0, 0.1) is 0 Å². The van der Waals surface area contributed by atoms with Crippen LogP contribution in [0.4, 0.5) is 0 Å². The number of fused-ring (bicyclic) bond motifs is 1. The maximum Gasteiger partial charge on any atom is 0.339 e. The molecular weight excluding hydrogens is 368 g/mol. The number of rotatable bonds is 6. The highest BCUT2D eigenvalue weighted by atomic mass is 32.2. The molecule has 0 unspecified atom stereocenters. The molecule has 0 atom stereocenters. The molecule has 7 heteroatoms. The molecule has 1 aliphatic rings. The van der Waals surface area contributed by atoms with Crippen molar-refractivity contribution in [2.45, 2.75) is 24.2 Å². The number of methoxy groups -OCH3 is 2. The van der Waals surface area contributed by atoms with Crippen molar-refractivity contribution in [3.05, 3.63) is 59.2 Å². The number of hydrogen-bond acceptors (Lipinski definition) is 6. The number of hydrogen-bond donors (Lipinski definition) is 0. The van der Waals surface area contributed by atoms with E-state index in [0.717, 1.165) is 24.8 Å². The molecule has 3 rings (SSSR count). The number of carbonyl (C=O) groups is 1. The zero-order chi connectivity index (χ0) is 19.4. The Hall–Kier alpha value is -2.80. The quantitative estimate of drug-likeness (QED) is 0.430. The topological polar surface area (TPSA) is 78.9 Å². The number of carbonyl (C=O) groups excluding carboxylic acids is 1. The molecule has 0 N–H and O–H groups in total. The first-order valence-electron chi connectivity index (χ1n) is 8.43. The molecule has 1 aliphatic carbocycles. The molecule has 0 spiro atoms. The highest BCUT2D eigenvalue weighted by Crippen LogP contribution is 2.32. The summed E-state index contributed by atoms with van der Waals surface area (Å²) in [5.41, 5.74) is 2.88. The Bertz CT molecular complexity index is 992. The van der Waals surface area contributed by atoms with Crippen LogP contribution in [-0.2, 0) is 32.5 Å². The van der Waals surface area contributed by atoms with Gasteiger partial charge in [0.2, 0.25) is 0 Å². The molecule has 0 aliphatic heterocycles. The van der Waals surface area contributed by atoms with E-state index >= 15 is 0 Å². The average Bonchev–Trinajstić information content (AvgIpc) is 3.14. The van der Waals surface area contributed by atoms with Crippen LogP contribution in [0.3, 0.4) is 0 Å². The van der Waals surface area contributed by atoms with Crippen molar-refractivity contribution in [2.75, 3.05) is 14.2 Å². The molecule has 27 heavy (non-hydrogen) atoms. The number of ether oxygens (including phenoxy) is 2. The lowest BCUT2D eigenvalue weighted by molar-refractivity contribution is -0.134. The van der Waals surface area contributed by atoms with E-state index in [1.54, 1.807) is 24.3 Å². The van der Waals surface area contributed by atoms with E-state index < -0.39 is 16.1 Å². The predicted molar refractivity (Wildman–Crippen MR) is 100 cm³/mol. The summed E-state index contributed by atoms with van der Waals surface area (Å²) in [6.45, 7) is 0. The van der Waals surface area contributed by atoms with Gasteiger partial charge in [0.05, 0.1) is 14.2 Å². The highest BCUT2D eigenvalue weighted by molar-refractivity contribution is 7.87. The van der Waals surface area contributed by atoms with Crippen LogP contribution in [-0.4, -0.2) is 28.6 Å². The zero-order valence-corrected chi connectivity index (χ0v) is 15.9. The van der Waals surface area contributed by atoms with Gasteiger partial charge in [-0.3, -0.25) is 0 Å². The van der Waals surface area contributed by atoms with Crippen LogP contribution >= 0.6 is 0 Å². The Balaban J connectivity index is 1.85. The highest BCUT2D eigenvalue weighted by Gasteiger charge is 2.22. The maximum absolute atomic E-state index is 12.7. The van der Waals surface area contributed by atoms with Crippen molar-refractivity contribution in [3.8, 4) is 11.5 Å². The minimum absolute atomic E-state index is 0.0771. The van der Waals surface area contributed by atoms with E-state index in [4.69, 9.17) is 8.92 Å². The van der Waals surface area contributed by atoms with E-state index in [9.17, 15) is 13.2 Å². The first-order valence-corrected chi connectivity index (χ1v) is 9.84. The molecule has 0 aromatic heterocycles. The van der Waals surface area contributed by atoms with Crippen LogP contribution in [0.15, 0.2) is 47.4 Å². The third-order valence-corrected chi connectivity index (χ3v) is 5.59. The number of benzene rings is 2. The molecule has 0 saturated carbocycles. The van der Waals surface area contributed by atoms with Crippen molar-refractivity contribution < 1.29 is 26.9 Å². The van der Waals surface area contributed by atoms with Crippen molar-refractivity contribution in [2.24, 2.45) is 0 Å². The molecule has 2 aromatic rings. The van der Waals surface area contributed by atoms with Gasteiger partial charge >= 0.3 is 16.1 Å². The summed E-state index contributed by atoms with van der Waals surface area (Å²) < 4.78 is 40.4. The summed E-state index contributed by atoms with van der Waals surface area (Å²) in [4.78, 5) is 11.3. The van der Waals surface area contributed by atoms with Crippen LogP contribution in [0.1, 0.15) is 23.1 Å². The molecule has 0 fully saturated rings. The molecule has 0 amide bonds. The van der Waals surface area contributed by atoms with Gasteiger partial charge in [-0.25, -0.2) is 4.79 Å². The molecule has 0 radical (unpaired) electrons. The van der Waals surface area contributed by atoms with E-state index in [2.05, 4.69) is 4.74 Å². The summed E-state index contributed by atoms with van der Waals surface area (Å²) in [5.74, 6) is -0.173. The Kier molecular flexibility index (Phi) is 5.51. The largest absolute Gasteiger partial charge is 0.493 e. The van der Waals surface area contributed by atoms with Gasteiger partial charge in [-0.1, -0.05) is 12.1 Å². The fraction of sp³-hybridized carbons (Fsp3) is 0.250. The van der Waals surface area contributed by atoms with Crippen LogP contribution < -0.4 is 8.92 Å². The molecule has 142 valence electrons. The first-order chi connectivity index (χ1) is 12.9. The lowest BCUT2D eigenvalue weighted by Gasteiger charge is -2.12. The Morgan fingerprint density at radius 3 is 2.52 bits per heavy atom. The number of aryl methyl sites for hydroxylation is 2. The van der Waals surface area contributed by atoms with E-state index in [1.165, 1.54) is 38.0 Å². The molecular formula is C20H20O6S. The molecule has 6 nitrogen and oxygen atoms in total. The Labute approximate surface area is 158 Å². The minimum atomic E-state index is -3.98. The summed E-state index contributed by atoms with van der Waals surface area (Å²) >= 11 is 0. The summed E-state index contributed by atoms with van der Waals surface area (Å²) in [5, 5.41) is 0. The Morgan fingerprint density at radius 2 is 1.78 bits per heavy atom. The predicted octanol–water partition coefficient (Wildman–Crippen LogP) is 3.14. The van der Waals surface area contributed by atoms with Gasteiger partial charge < -0.3 is 13.7 Å². The van der Waals surface area contributed by atoms with Gasteiger partial charge in [-0.2, -0.15) is 8.42 Å². The minimum Gasteiger partial charge on any atom is -0.493 e. The van der Waals surface area contributed by atoms with Crippen molar-refractivity contribution in [3.63, 3.8) is 0 Å². The third-order valence-electron chi connectivity index (χ3n) is 4.36. The SMILES string of the molecule is COC(=O)/C=C/c1ccc(OS(=O)(=O)c2ccc3c(c2)CCC3)c(OC)c1. The molecule has 2 aromatic carbocycles. The summed E-state index contributed by atoms with van der Waals surface area (Å²) in [6, 6.07) is 9.77. The summed E-state index contributed by atoms with van der Waals surface area (Å²) in [7, 11) is -1.28. The second-order valence-electron chi connectivity index (χ2n) is 6.09. The van der Waals surface area contributed by atoms with Gasteiger partial charge in [0.25, 0.3) is 0 Å². The lowest BCUT2D eigenvalue weighted by atomic mass is 10.1. The van der Waals surface area contributed by atoms with Crippen LogP contribution in [0.5, 0.6) is 11.5 Å². The van der Waals surface area contributed by atoms with Gasteiger partial charge in [0.1, 0.15) is 4.90 Å². The molecule has 0 saturated heterocycles. The van der Waals surface area contributed by atoms with Gasteiger partial charge in [0.15, 0.2) is 11.5 Å². The van der Waals surface area contributed by atoms with Crippen molar-refractivity contribution >= 4 is 22.2 Å². The standard InChI is InChI=1S/C20H20O6S/c1-24-19-12-14(7-11-20(21)25-2)6-10-18(19)26-27(22,23)17-9-8-15-4-3-5-16(15)13-17/h6-13H,3-5H2,1-2H3/b11-7+. The van der Waals surface area contributed by atoms with Crippen LogP contribution in [0.25, 0.3) is 6.08 Å². The summed E-state index contributed by atoms with van der Waals surface area (Å²) in [6.07, 6.45) is 5.69. The third kappa shape index (κ3) is 4.31. The Morgan fingerprint density at radius 1 is 1.00 bits per heavy atom. The average molecular weight is 388 g/mol. The van der Waals surface area contributed by atoms with Crippen molar-refractivity contribution in [1.82, 2.24) is 0 Å². The number of esters is 1. The van der Waals surface area contributed by atoms with Crippen LogP contribution in [0.2, 0.25) is 0 Å². The fourth-order valence-electron chi connectivity index (χ4n) is 2.96. The molecule has 0 heterocycles. The molecule has 0 bridgehead atoms.